The van der Waals surface area contributed by atoms with Crippen LogP contribution in [0.25, 0.3) is 0 Å². The van der Waals surface area contributed by atoms with Crippen molar-refractivity contribution in [2.75, 3.05) is 43.9 Å². The zero-order valence-corrected chi connectivity index (χ0v) is 15.1. The van der Waals surface area contributed by atoms with Crippen LogP contribution >= 0.6 is 11.8 Å². The molecule has 25 heavy (non-hydrogen) atoms. The number of carbonyl (C=O) groups excluding carboxylic acids is 1. The van der Waals surface area contributed by atoms with Crippen LogP contribution in [0.5, 0.6) is 0 Å². The molecule has 132 valence electrons. The van der Waals surface area contributed by atoms with Crippen molar-refractivity contribution in [3.05, 3.63) is 47.5 Å². The first-order valence-electron chi connectivity index (χ1n) is 8.35. The molecular weight excluding hydrogens is 336 g/mol. The van der Waals surface area contributed by atoms with E-state index < -0.39 is 0 Å². The molecule has 2 aromatic rings. The second-order valence-corrected chi connectivity index (χ2v) is 6.99. The summed E-state index contributed by atoms with van der Waals surface area (Å²) in [5.41, 5.74) is 1.73. The fourth-order valence-corrected chi connectivity index (χ4v) is 3.28. The number of rotatable bonds is 6. The third-order valence-electron chi connectivity index (χ3n) is 3.96. The summed E-state index contributed by atoms with van der Waals surface area (Å²) in [4.78, 5) is 14.5. The monoisotopic (exact) mass is 358 g/mol. The number of ether oxygens (including phenoxy) is 1. The number of benzene rings is 1. The van der Waals surface area contributed by atoms with E-state index in [1.807, 2.05) is 25.1 Å². The number of nitrogens with zero attached hydrogens (tertiary/aromatic N) is 3. The molecule has 0 spiro atoms. The molecule has 1 aliphatic heterocycles. The molecule has 0 unspecified atom stereocenters. The van der Waals surface area contributed by atoms with Crippen LogP contribution in [0.4, 0.5) is 5.82 Å². The first kappa shape index (κ1) is 17.8. The van der Waals surface area contributed by atoms with Gasteiger partial charge < -0.3 is 10.1 Å². The zero-order chi connectivity index (χ0) is 17.5. The molecule has 0 bridgehead atoms. The Kier molecular flexibility index (Phi) is 6.38. The first-order chi connectivity index (χ1) is 12.2. The number of hydrogen-bond acceptors (Lipinski definition) is 6. The van der Waals surface area contributed by atoms with E-state index in [1.165, 1.54) is 0 Å². The summed E-state index contributed by atoms with van der Waals surface area (Å²) in [5, 5.41) is 11.9. The quantitative estimate of drug-likeness (QED) is 0.800. The highest BCUT2D eigenvalue weighted by Gasteiger charge is 2.10. The highest BCUT2D eigenvalue weighted by atomic mass is 32.2. The average Bonchev–Trinajstić information content (AvgIpc) is 2.64. The number of aryl methyl sites for hydroxylation is 1. The van der Waals surface area contributed by atoms with Gasteiger partial charge in [-0.3, -0.25) is 9.69 Å². The van der Waals surface area contributed by atoms with Gasteiger partial charge in [0.15, 0.2) is 5.82 Å². The predicted molar refractivity (Wildman–Crippen MR) is 99.1 cm³/mol. The Morgan fingerprint density at radius 3 is 2.60 bits per heavy atom. The Hall–Kier alpha value is -1.96. The molecular formula is C18H22N4O2S. The smallest absolute Gasteiger partial charge is 0.256 e. The fourth-order valence-electron chi connectivity index (χ4n) is 2.46. The topological polar surface area (TPSA) is 67.4 Å². The molecule has 1 N–H and O–H groups in total. The standard InChI is InChI=1S/C18H22N4O2S/c1-14-2-4-15(5-3-14)18(23)19-16-6-7-17(21-20-16)25-13-10-22-8-11-24-12-9-22/h2-7H,8-13H2,1H3,(H,19,20,23). The van der Waals surface area contributed by atoms with Gasteiger partial charge in [-0.1, -0.05) is 17.7 Å². The second kappa shape index (κ2) is 8.94. The molecule has 1 aromatic heterocycles. The van der Waals surface area contributed by atoms with E-state index in [1.54, 1.807) is 30.0 Å². The number of aromatic nitrogens is 2. The van der Waals surface area contributed by atoms with Crippen molar-refractivity contribution >= 4 is 23.5 Å². The van der Waals surface area contributed by atoms with Crippen molar-refractivity contribution in [1.29, 1.82) is 0 Å². The van der Waals surface area contributed by atoms with Gasteiger partial charge in [0.1, 0.15) is 5.03 Å². The number of anilines is 1. The number of morpholine rings is 1. The number of hydrogen-bond donors (Lipinski definition) is 1. The highest BCUT2D eigenvalue weighted by Crippen LogP contribution is 2.16. The van der Waals surface area contributed by atoms with Crippen LogP contribution < -0.4 is 5.32 Å². The summed E-state index contributed by atoms with van der Waals surface area (Å²) in [6.07, 6.45) is 0. The lowest BCUT2D eigenvalue weighted by molar-refractivity contribution is 0.0410. The van der Waals surface area contributed by atoms with Gasteiger partial charge in [0.2, 0.25) is 0 Å². The SMILES string of the molecule is Cc1ccc(C(=O)Nc2ccc(SCCN3CCOCC3)nn2)cc1. The molecule has 1 aromatic carbocycles. The van der Waals surface area contributed by atoms with Crippen LogP contribution in [0.2, 0.25) is 0 Å². The number of carbonyl (C=O) groups is 1. The average molecular weight is 358 g/mol. The Morgan fingerprint density at radius 2 is 1.92 bits per heavy atom. The van der Waals surface area contributed by atoms with E-state index in [4.69, 9.17) is 4.74 Å². The van der Waals surface area contributed by atoms with E-state index in [0.717, 1.165) is 49.2 Å². The summed E-state index contributed by atoms with van der Waals surface area (Å²) >= 11 is 1.67. The van der Waals surface area contributed by atoms with Crippen molar-refractivity contribution in [3.63, 3.8) is 0 Å². The summed E-state index contributed by atoms with van der Waals surface area (Å²) in [5.74, 6) is 1.24. The summed E-state index contributed by atoms with van der Waals surface area (Å²) in [7, 11) is 0. The van der Waals surface area contributed by atoms with Crippen molar-refractivity contribution < 1.29 is 9.53 Å². The zero-order valence-electron chi connectivity index (χ0n) is 14.3. The maximum atomic E-state index is 12.2. The lowest BCUT2D eigenvalue weighted by Crippen LogP contribution is -2.37. The molecule has 1 fully saturated rings. The second-order valence-electron chi connectivity index (χ2n) is 5.88. The molecule has 0 saturated carbocycles. The van der Waals surface area contributed by atoms with Gasteiger partial charge in [-0.05, 0) is 31.2 Å². The minimum absolute atomic E-state index is 0.179. The first-order valence-corrected chi connectivity index (χ1v) is 9.34. The van der Waals surface area contributed by atoms with Crippen LogP contribution in [0.15, 0.2) is 41.4 Å². The molecule has 6 nitrogen and oxygen atoms in total. The lowest BCUT2D eigenvalue weighted by Gasteiger charge is -2.26. The molecule has 0 aliphatic carbocycles. The Balaban J connectivity index is 1.46. The fraction of sp³-hybridized carbons (Fsp3) is 0.389. The van der Waals surface area contributed by atoms with Crippen molar-refractivity contribution in [2.45, 2.75) is 11.9 Å². The van der Waals surface area contributed by atoms with E-state index in [0.29, 0.717) is 11.4 Å². The van der Waals surface area contributed by atoms with Gasteiger partial charge >= 0.3 is 0 Å². The van der Waals surface area contributed by atoms with Crippen LogP contribution in [-0.4, -0.2) is 59.6 Å². The van der Waals surface area contributed by atoms with E-state index >= 15 is 0 Å². The molecule has 3 rings (SSSR count). The van der Waals surface area contributed by atoms with Gasteiger partial charge in [0.05, 0.1) is 13.2 Å². The maximum Gasteiger partial charge on any atom is 0.256 e. The van der Waals surface area contributed by atoms with Crippen molar-refractivity contribution in [2.24, 2.45) is 0 Å². The minimum Gasteiger partial charge on any atom is -0.379 e. The van der Waals surface area contributed by atoms with Gasteiger partial charge in [-0.2, -0.15) is 0 Å². The van der Waals surface area contributed by atoms with Gasteiger partial charge in [-0.15, -0.1) is 22.0 Å². The lowest BCUT2D eigenvalue weighted by atomic mass is 10.1. The van der Waals surface area contributed by atoms with Crippen molar-refractivity contribution in [1.82, 2.24) is 15.1 Å². The largest absolute Gasteiger partial charge is 0.379 e. The number of nitrogens with one attached hydrogen (secondary N) is 1. The number of amides is 1. The Morgan fingerprint density at radius 1 is 1.16 bits per heavy atom. The van der Waals surface area contributed by atoms with Gasteiger partial charge in [-0.25, -0.2) is 0 Å². The molecule has 7 heteroatoms. The van der Waals surface area contributed by atoms with Crippen molar-refractivity contribution in [3.8, 4) is 0 Å². The van der Waals surface area contributed by atoms with Crippen LogP contribution in [0, 0.1) is 6.92 Å². The van der Waals surface area contributed by atoms with Gasteiger partial charge in [0.25, 0.3) is 5.91 Å². The molecule has 1 aliphatic rings. The third kappa shape index (κ3) is 5.52. The molecule has 0 radical (unpaired) electrons. The Bertz CT molecular complexity index is 685. The van der Waals surface area contributed by atoms with Crippen LogP contribution in [-0.2, 0) is 4.74 Å². The van der Waals surface area contributed by atoms with Crippen LogP contribution in [0.3, 0.4) is 0 Å². The minimum atomic E-state index is -0.179. The molecule has 2 heterocycles. The summed E-state index contributed by atoms with van der Waals surface area (Å²) in [6, 6.07) is 11.1. The Labute approximate surface area is 152 Å². The summed E-state index contributed by atoms with van der Waals surface area (Å²) in [6.45, 7) is 6.64. The molecule has 1 amide bonds. The van der Waals surface area contributed by atoms with E-state index in [-0.39, 0.29) is 5.91 Å². The third-order valence-corrected chi connectivity index (χ3v) is 4.86. The predicted octanol–water partition coefficient (Wildman–Crippen LogP) is 2.46. The van der Waals surface area contributed by atoms with E-state index in [2.05, 4.69) is 20.4 Å². The molecule has 0 atom stereocenters. The number of thioether (sulfide) groups is 1. The maximum absolute atomic E-state index is 12.2. The highest BCUT2D eigenvalue weighted by molar-refractivity contribution is 7.99. The summed E-state index contributed by atoms with van der Waals surface area (Å²) < 4.78 is 5.34. The van der Waals surface area contributed by atoms with Crippen LogP contribution in [0.1, 0.15) is 15.9 Å². The molecule has 1 saturated heterocycles. The van der Waals surface area contributed by atoms with E-state index in [9.17, 15) is 4.79 Å². The normalized spacial score (nSPS) is 15.1. The van der Waals surface area contributed by atoms with Gasteiger partial charge in [0, 0.05) is 31.0 Å².